The zero-order valence-electron chi connectivity index (χ0n) is 13.5. The number of likely N-dealkylation sites (tertiary alicyclic amines) is 1. The van der Waals surface area contributed by atoms with E-state index in [1.54, 1.807) is 23.9 Å². The normalized spacial score (nSPS) is 27.0. The number of carbonyl (C=O) groups excluding carboxylic acids is 2. The summed E-state index contributed by atoms with van der Waals surface area (Å²) in [7, 11) is 0.0595. The lowest BCUT2D eigenvalue weighted by atomic mass is 9.96. The molecule has 2 heterocycles. The van der Waals surface area contributed by atoms with Crippen molar-refractivity contribution in [2.24, 2.45) is 5.92 Å². The summed E-state index contributed by atoms with van der Waals surface area (Å²) >= 11 is 0. The van der Waals surface area contributed by atoms with Crippen LogP contribution < -0.4 is 0 Å². The topological polar surface area (TPSA) is 78.0 Å². The van der Waals surface area contributed by atoms with Crippen molar-refractivity contribution in [1.82, 2.24) is 14.1 Å². The summed E-state index contributed by atoms with van der Waals surface area (Å²) in [5.74, 6) is -0.302. The quantitative estimate of drug-likeness (QED) is 0.714. The molecule has 2 fully saturated rings. The van der Waals surface area contributed by atoms with Crippen LogP contribution in [0.25, 0.3) is 0 Å². The maximum absolute atomic E-state index is 12.7. The van der Waals surface area contributed by atoms with Crippen molar-refractivity contribution in [1.29, 1.82) is 0 Å². The average Bonchev–Trinajstić information content (AvgIpc) is 2.95. The van der Waals surface area contributed by atoms with E-state index in [9.17, 15) is 18.0 Å². The number of rotatable bonds is 3. The number of piperidine rings is 1. The molecule has 0 aliphatic carbocycles. The molecule has 0 bridgehead atoms. The molecule has 126 valence electrons. The van der Waals surface area contributed by atoms with Crippen molar-refractivity contribution in [2.75, 3.05) is 40.0 Å². The highest BCUT2D eigenvalue weighted by Crippen LogP contribution is 2.25. The number of sulfonamides is 1. The molecule has 0 N–H and O–H groups in total. The van der Waals surface area contributed by atoms with E-state index in [1.807, 2.05) is 0 Å². The zero-order valence-corrected chi connectivity index (χ0v) is 14.3. The minimum Gasteiger partial charge on any atom is -0.349 e. The molecule has 7 nitrogen and oxygen atoms in total. The summed E-state index contributed by atoms with van der Waals surface area (Å²) < 4.78 is 24.9. The van der Waals surface area contributed by atoms with E-state index in [-0.39, 0.29) is 17.7 Å². The molecule has 0 saturated carbocycles. The molecular weight excluding hydrogens is 306 g/mol. The van der Waals surface area contributed by atoms with E-state index in [0.29, 0.717) is 32.5 Å². The van der Waals surface area contributed by atoms with Gasteiger partial charge in [-0.2, -0.15) is 4.31 Å². The summed E-state index contributed by atoms with van der Waals surface area (Å²) in [5.41, 5.74) is 0. The number of carbonyl (C=O) groups is 2. The van der Waals surface area contributed by atoms with Crippen LogP contribution in [0.2, 0.25) is 0 Å². The number of hydrogen-bond donors (Lipinski definition) is 0. The Hall–Kier alpha value is -1.15. The van der Waals surface area contributed by atoms with Crippen LogP contribution in [0.5, 0.6) is 0 Å². The Morgan fingerprint density at radius 1 is 1.09 bits per heavy atom. The third-order valence-electron chi connectivity index (χ3n) is 4.44. The predicted molar refractivity (Wildman–Crippen MR) is 82.6 cm³/mol. The highest BCUT2D eigenvalue weighted by atomic mass is 32.2. The third-order valence-corrected chi connectivity index (χ3v) is 5.73. The third kappa shape index (κ3) is 3.60. The van der Waals surface area contributed by atoms with Gasteiger partial charge in [0, 0.05) is 33.7 Å². The predicted octanol–water partition coefficient (Wildman–Crippen LogP) is -0.263. The van der Waals surface area contributed by atoms with Crippen LogP contribution in [0, 0.1) is 5.92 Å². The minimum absolute atomic E-state index is 0.0314. The fourth-order valence-electron chi connectivity index (χ4n) is 3.34. The smallest absolute Gasteiger partial charge is 0.241 e. The second kappa shape index (κ2) is 6.54. The lowest BCUT2D eigenvalue weighted by Gasteiger charge is -2.35. The van der Waals surface area contributed by atoms with Crippen LogP contribution in [-0.4, -0.2) is 80.4 Å². The Kier molecular flexibility index (Phi) is 5.11. The molecule has 0 aromatic heterocycles. The van der Waals surface area contributed by atoms with Crippen molar-refractivity contribution >= 4 is 21.8 Å². The second-order valence-electron chi connectivity index (χ2n) is 6.39. The van der Waals surface area contributed by atoms with Gasteiger partial charge in [-0.1, -0.05) is 0 Å². The fourth-order valence-corrected chi connectivity index (χ4v) is 4.46. The summed E-state index contributed by atoms with van der Waals surface area (Å²) in [5, 5.41) is 0. The summed E-state index contributed by atoms with van der Waals surface area (Å²) in [6.07, 6.45) is 3.97. The van der Waals surface area contributed by atoms with E-state index in [2.05, 4.69) is 0 Å². The van der Waals surface area contributed by atoms with Gasteiger partial charge in [0.05, 0.1) is 12.2 Å². The van der Waals surface area contributed by atoms with Crippen molar-refractivity contribution in [3.05, 3.63) is 0 Å². The molecule has 22 heavy (non-hydrogen) atoms. The van der Waals surface area contributed by atoms with Crippen molar-refractivity contribution in [2.45, 2.75) is 31.7 Å². The van der Waals surface area contributed by atoms with Gasteiger partial charge >= 0.3 is 0 Å². The van der Waals surface area contributed by atoms with Crippen LogP contribution in [0.15, 0.2) is 0 Å². The molecule has 2 rings (SSSR count). The molecule has 0 unspecified atom stereocenters. The van der Waals surface area contributed by atoms with Gasteiger partial charge < -0.3 is 9.80 Å². The van der Waals surface area contributed by atoms with Crippen molar-refractivity contribution in [3.63, 3.8) is 0 Å². The average molecular weight is 331 g/mol. The molecule has 2 aliphatic heterocycles. The van der Waals surface area contributed by atoms with Gasteiger partial charge in [-0.25, -0.2) is 8.42 Å². The first kappa shape index (κ1) is 17.2. The van der Waals surface area contributed by atoms with Crippen molar-refractivity contribution < 1.29 is 18.0 Å². The van der Waals surface area contributed by atoms with Crippen LogP contribution in [-0.2, 0) is 19.6 Å². The molecule has 2 saturated heterocycles. The summed E-state index contributed by atoms with van der Waals surface area (Å²) in [6, 6.07) is -0.594. The van der Waals surface area contributed by atoms with E-state index in [0.717, 1.165) is 19.1 Å². The lowest BCUT2D eigenvalue weighted by molar-refractivity contribution is -0.141. The Labute approximate surface area is 132 Å². The first-order valence-electron chi connectivity index (χ1n) is 7.68. The Bertz CT molecular complexity index is 546. The van der Waals surface area contributed by atoms with E-state index < -0.39 is 16.1 Å². The summed E-state index contributed by atoms with van der Waals surface area (Å²) in [6.45, 7) is 1.40. The van der Waals surface area contributed by atoms with E-state index in [4.69, 9.17) is 0 Å². The Morgan fingerprint density at radius 3 is 2.32 bits per heavy atom. The maximum atomic E-state index is 12.7. The Balaban J connectivity index is 2.07. The van der Waals surface area contributed by atoms with Gasteiger partial charge in [-0.15, -0.1) is 0 Å². The number of hydrogen-bond acceptors (Lipinski definition) is 4. The molecule has 2 aliphatic rings. The zero-order chi connectivity index (χ0) is 16.5. The highest BCUT2D eigenvalue weighted by Gasteiger charge is 2.40. The Morgan fingerprint density at radius 2 is 1.73 bits per heavy atom. The van der Waals surface area contributed by atoms with Gasteiger partial charge in [0.15, 0.2) is 0 Å². The molecule has 8 heteroatoms. The van der Waals surface area contributed by atoms with Gasteiger partial charge in [-0.3, -0.25) is 9.59 Å². The van der Waals surface area contributed by atoms with Crippen LogP contribution >= 0.6 is 0 Å². The molecule has 2 atom stereocenters. The highest BCUT2D eigenvalue weighted by molar-refractivity contribution is 7.88. The largest absolute Gasteiger partial charge is 0.349 e. The van der Waals surface area contributed by atoms with Gasteiger partial charge in [0.1, 0.15) is 6.04 Å². The number of amides is 2. The SMILES string of the molecule is CN(C)C(=O)[C@H]1CCCN(C(=O)[C@@H]2CCCN2S(C)(=O)=O)C1. The summed E-state index contributed by atoms with van der Waals surface area (Å²) in [4.78, 5) is 28.0. The molecule has 0 aromatic rings. The maximum Gasteiger partial charge on any atom is 0.241 e. The van der Waals surface area contributed by atoms with Gasteiger partial charge in [-0.05, 0) is 25.7 Å². The van der Waals surface area contributed by atoms with Gasteiger partial charge in [0.2, 0.25) is 21.8 Å². The standard InChI is InChI=1S/C14H25N3O4S/c1-15(2)13(18)11-6-4-8-16(10-11)14(19)12-7-5-9-17(12)22(3,20)21/h11-12H,4-10H2,1-3H3/t11-,12-/m0/s1. The molecular formula is C14H25N3O4S. The van der Waals surface area contributed by atoms with E-state index in [1.165, 1.54) is 4.31 Å². The number of nitrogens with zero attached hydrogens (tertiary/aromatic N) is 3. The first-order chi connectivity index (χ1) is 10.2. The first-order valence-corrected chi connectivity index (χ1v) is 9.53. The second-order valence-corrected chi connectivity index (χ2v) is 8.32. The fraction of sp³-hybridized carbons (Fsp3) is 0.857. The molecule has 2 amide bonds. The monoisotopic (exact) mass is 331 g/mol. The van der Waals surface area contributed by atoms with E-state index >= 15 is 0 Å². The van der Waals surface area contributed by atoms with Crippen LogP contribution in [0.1, 0.15) is 25.7 Å². The molecule has 0 spiro atoms. The lowest BCUT2D eigenvalue weighted by Crippen LogP contribution is -2.52. The van der Waals surface area contributed by atoms with Crippen LogP contribution in [0.4, 0.5) is 0 Å². The minimum atomic E-state index is -3.37. The van der Waals surface area contributed by atoms with Crippen LogP contribution in [0.3, 0.4) is 0 Å². The molecule has 0 radical (unpaired) electrons. The molecule has 0 aromatic carbocycles. The van der Waals surface area contributed by atoms with Crippen molar-refractivity contribution in [3.8, 4) is 0 Å². The van der Waals surface area contributed by atoms with Gasteiger partial charge in [0.25, 0.3) is 0 Å².